The van der Waals surface area contributed by atoms with Gasteiger partial charge in [0.05, 0.1) is 0 Å². The Morgan fingerprint density at radius 2 is 2.30 bits per heavy atom. The highest BCUT2D eigenvalue weighted by molar-refractivity contribution is 5.18. The third kappa shape index (κ3) is 0.761. The molecule has 2 N–H and O–H groups in total. The molecule has 1 aromatic heterocycles. The van der Waals surface area contributed by atoms with Gasteiger partial charge < -0.3 is 5.73 Å². The number of nitrogens with two attached hydrogens (primary N) is 1. The van der Waals surface area contributed by atoms with E-state index in [2.05, 4.69) is 10.1 Å². The fourth-order valence-electron chi connectivity index (χ4n) is 1.11. The molecular weight excluding hydrogens is 128 g/mol. The first kappa shape index (κ1) is 5.70. The Morgan fingerprint density at radius 1 is 1.60 bits per heavy atom. The Bertz CT molecular complexity index is 248. The van der Waals surface area contributed by atoms with Gasteiger partial charge in [0, 0.05) is 13.0 Å². The summed E-state index contributed by atoms with van der Waals surface area (Å²) in [7, 11) is 1.89. The predicted octanol–water partition coefficient (Wildman–Crippen LogP) is 0.275. The van der Waals surface area contributed by atoms with E-state index in [0.29, 0.717) is 11.9 Å². The van der Waals surface area contributed by atoms with E-state index in [9.17, 15) is 0 Å². The summed E-state index contributed by atoms with van der Waals surface area (Å²) in [5.74, 6) is 2.07. The summed E-state index contributed by atoms with van der Waals surface area (Å²) < 4.78 is 1.77. The zero-order chi connectivity index (χ0) is 7.14. The molecule has 1 fully saturated rings. The molecule has 4 heteroatoms. The minimum Gasteiger partial charge on any atom is -0.366 e. The Balaban J connectivity index is 2.38. The van der Waals surface area contributed by atoms with E-state index >= 15 is 0 Å². The maximum atomic E-state index is 5.40. The quantitative estimate of drug-likeness (QED) is 0.606. The summed E-state index contributed by atoms with van der Waals surface area (Å²) in [4.78, 5) is 4.10. The van der Waals surface area contributed by atoms with E-state index in [1.807, 2.05) is 7.05 Å². The van der Waals surface area contributed by atoms with Crippen molar-refractivity contribution in [1.29, 1.82) is 0 Å². The van der Waals surface area contributed by atoms with Crippen molar-refractivity contribution in [1.82, 2.24) is 14.8 Å². The highest BCUT2D eigenvalue weighted by atomic mass is 15.4. The highest BCUT2D eigenvalue weighted by Gasteiger charge is 2.28. The Morgan fingerprint density at radius 3 is 2.70 bits per heavy atom. The van der Waals surface area contributed by atoms with E-state index in [1.165, 1.54) is 12.8 Å². The number of hydrogen-bond donors (Lipinski definition) is 1. The molecule has 0 bridgehead atoms. The monoisotopic (exact) mass is 138 g/mol. The average Bonchev–Trinajstić information content (AvgIpc) is 2.61. The molecule has 0 atom stereocenters. The lowest BCUT2D eigenvalue weighted by Gasteiger charge is -1.92. The van der Waals surface area contributed by atoms with E-state index in [0.717, 1.165) is 5.82 Å². The van der Waals surface area contributed by atoms with Gasteiger partial charge in [-0.2, -0.15) is 4.98 Å². The van der Waals surface area contributed by atoms with Crippen LogP contribution in [0.2, 0.25) is 0 Å². The van der Waals surface area contributed by atoms with Crippen LogP contribution in [0, 0.1) is 0 Å². The molecule has 0 amide bonds. The molecule has 1 aliphatic rings. The molecule has 0 aliphatic heterocycles. The van der Waals surface area contributed by atoms with E-state index in [-0.39, 0.29) is 0 Å². The van der Waals surface area contributed by atoms with Gasteiger partial charge in [0.1, 0.15) is 5.82 Å². The Labute approximate surface area is 59.1 Å². The zero-order valence-electron chi connectivity index (χ0n) is 5.91. The van der Waals surface area contributed by atoms with Crippen molar-refractivity contribution in [2.75, 3.05) is 5.73 Å². The molecule has 1 aliphatic carbocycles. The van der Waals surface area contributed by atoms with Crippen molar-refractivity contribution < 1.29 is 0 Å². The van der Waals surface area contributed by atoms with Crippen LogP contribution in [0.4, 0.5) is 5.95 Å². The van der Waals surface area contributed by atoms with Crippen LogP contribution in [0.5, 0.6) is 0 Å². The maximum Gasteiger partial charge on any atom is 0.239 e. The van der Waals surface area contributed by atoms with E-state index in [4.69, 9.17) is 5.73 Å². The van der Waals surface area contributed by atoms with Crippen LogP contribution in [0.3, 0.4) is 0 Å². The van der Waals surface area contributed by atoms with Crippen molar-refractivity contribution in [3.8, 4) is 0 Å². The molecule has 4 nitrogen and oxygen atoms in total. The molecule has 0 saturated heterocycles. The normalized spacial score (nSPS) is 17.7. The van der Waals surface area contributed by atoms with Crippen molar-refractivity contribution in [3.05, 3.63) is 5.82 Å². The second-order valence-electron chi connectivity index (χ2n) is 2.73. The molecule has 0 radical (unpaired) electrons. The second-order valence-corrected chi connectivity index (χ2v) is 2.73. The zero-order valence-corrected chi connectivity index (χ0v) is 5.91. The molecule has 1 heterocycles. The first-order chi connectivity index (χ1) is 4.77. The first-order valence-electron chi connectivity index (χ1n) is 3.44. The van der Waals surface area contributed by atoms with Gasteiger partial charge in [0.25, 0.3) is 0 Å². The number of nitrogen functional groups attached to an aromatic ring is 1. The van der Waals surface area contributed by atoms with Gasteiger partial charge >= 0.3 is 0 Å². The van der Waals surface area contributed by atoms with Gasteiger partial charge in [-0.1, -0.05) is 0 Å². The van der Waals surface area contributed by atoms with Gasteiger partial charge in [-0.3, -0.25) is 4.68 Å². The third-order valence-corrected chi connectivity index (χ3v) is 1.76. The lowest BCUT2D eigenvalue weighted by molar-refractivity contribution is 0.705. The van der Waals surface area contributed by atoms with Crippen molar-refractivity contribution in [3.63, 3.8) is 0 Å². The molecular formula is C6H10N4. The molecule has 1 aromatic rings. The molecule has 0 spiro atoms. The van der Waals surface area contributed by atoms with Gasteiger partial charge in [-0.25, -0.2) is 0 Å². The van der Waals surface area contributed by atoms with Crippen molar-refractivity contribution in [2.45, 2.75) is 18.8 Å². The second kappa shape index (κ2) is 1.71. The van der Waals surface area contributed by atoms with Crippen LogP contribution in [-0.2, 0) is 7.05 Å². The van der Waals surface area contributed by atoms with E-state index in [1.54, 1.807) is 4.68 Å². The van der Waals surface area contributed by atoms with Gasteiger partial charge in [0.15, 0.2) is 0 Å². The number of aryl methyl sites for hydroxylation is 1. The summed E-state index contributed by atoms with van der Waals surface area (Å²) in [6.07, 6.45) is 2.48. The number of anilines is 1. The third-order valence-electron chi connectivity index (χ3n) is 1.76. The molecule has 54 valence electrons. The van der Waals surface area contributed by atoms with Crippen LogP contribution in [0.1, 0.15) is 24.6 Å². The predicted molar refractivity (Wildman–Crippen MR) is 37.4 cm³/mol. The minimum atomic E-state index is 0.393. The van der Waals surface area contributed by atoms with E-state index < -0.39 is 0 Å². The van der Waals surface area contributed by atoms with Crippen LogP contribution < -0.4 is 5.73 Å². The van der Waals surface area contributed by atoms with Crippen LogP contribution in [0.15, 0.2) is 0 Å². The summed E-state index contributed by atoms with van der Waals surface area (Å²) in [5.41, 5.74) is 5.40. The maximum absolute atomic E-state index is 5.40. The summed E-state index contributed by atoms with van der Waals surface area (Å²) in [6.45, 7) is 0. The topological polar surface area (TPSA) is 56.7 Å². The van der Waals surface area contributed by atoms with Crippen LogP contribution in [-0.4, -0.2) is 14.8 Å². The standard InChI is InChI=1S/C6H10N4/c1-10-5(4-2-3-4)8-6(7)9-10/h4H,2-3H2,1H3,(H2,7,9). The lowest BCUT2D eigenvalue weighted by Crippen LogP contribution is -1.96. The molecule has 0 aromatic carbocycles. The van der Waals surface area contributed by atoms with Gasteiger partial charge in [-0.15, -0.1) is 5.10 Å². The molecule has 0 unspecified atom stereocenters. The SMILES string of the molecule is Cn1nc(N)nc1C1CC1. The fraction of sp³-hybridized carbons (Fsp3) is 0.667. The summed E-state index contributed by atoms with van der Waals surface area (Å²) in [6, 6.07) is 0. The first-order valence-corrected chi connectivity index (χ1v) is 3.44. The minimum absolute atomic E-state index is 0.393. The number of nitrogens with zero attached hydrogens (tertiary/aromatic N) is 3. The Kier molecular flexibility index (Phi) is 0.977. The fourth-order valence-corrected chi connectivity index (χ4v) is 1.11. The molecule has 2 rings (SSSR count). The molecule has 10 heavy (non-hydrogen) atoms. The van der Waals surface area contributed by atoms with Crippen molar-refractivity contribution >= 4 is 5.95 Å². The van der Waals surface area contributed by atoms with Crippen LogP contribution in [0.25, 0.3) is 0 Å². The number of aromatic nitrogens is 3. The Hall–Kier alpha value is -1.06. The van der Waals surface area contributed by atoms with Crippen LogP contribution >= 0.6 is 0 Å². The largest absolute Gasteiger partial charge is 0.366 e. The highest BCUT2D eigenvalue weighted by Crippen LogP contribution is 2.38. The smallest absolute Gasteiger partial charge is 0.239 e. The molecule has 1 saturated carbocycles. The van der Waals surface area contributed by atoms with Gasteiger partial charge in [0.2, 0.25) is 5.95 Å². The number of rotatable bonds is 1. The summed E-state index contributed by atoms with van der Waals surface area (Å²) >= 11 is 0. The van der Waals surface area contributed by atoms with Crippen molar-refractivity contribution in [2.24, 2.45) is 7.05 Å². The lowest BCUT2D eigenvalue weighted by atomic mass is 10.4. The average molecular weight is 138 g/mol. The van der Waals surface area contributed by atoms with Gasteiger partial charge in [-0.05, 0) is 12.8 Å². The number of hydrogen-bond acceptors (Lipinski definition) is 3. The summed E-state index contributed by atoms with van der Waals surface area (Å²) in [5, 5.41) is 3.96.